The molecule has 2 N–H and O–H groups in total. The predicted octanol–water partition coefficient (Wildman–Crippen LogP) is 1.40. The lowest BCUT2D eigenvalue weighted by Crippen LogP contribution is -2.00. The number of aliphatic hydroxyl groups excluding tert-OH is 1. The van der Waals surface area contributed by atoms with E-state index in [1.807, 2.05) is 0 Å². The summed E-state index contributed by atoms with van der Waals surface area (Å²) in [5.41, 5.74) is 0.157. The number of methoxy groups -OCH3 is 1. The van der Waals surface area contributed by atoms with Crippen LogP contribution >= 0.6 is 0 Å². The van der Waals surface area contributed by atoms with Crippen molar-refractivity contribution in [2.45, 2.75) is 6.17 Å². The van der Waals surface area contributed by atoms with E-state index in [1.165, 1.54) is 25.3 Å². The molecule has 13 heavy (non-hydrogen) atoms. The molecule has 1 unspecified atom stereocenters. The highest BCUT2D eigenvalue weighted by atomic mass is 19.1. The van der Waals surface area contributed by atoms with Crippen molar-refractivity contribution in [3.63, 3.8) is 0 Å². The Kier molecular flexibility index (Phi) is 3.08. The quantitative estimate of drug-likeness (QED) is 0.750. The zero-order valence-electron chi connectivity index (χ0n) is 7.20. The van der Waals surface area contributed by atoms with Crippen LogP contribution in [0.2, 0.25) is 0 Å². The number of rotatable bonds is 3. The number of hydrogen-bond acceptors (Lipinski definition) is 3. The number of benzene rings is 1. The Morgan fingerprint density at radius 2 is 2.23 bits per heavy atom. The van der Waals surface area contributed by atoms with Crippen LogP contribution in [0.3, 0.4) is 0 Å². The van der Waals surface area contributed by atoms with Crippen molar-refractivity contribution in [1.82, 2.24) is 0 Å². The number of ether oxygens (including phenoxy) is 1. The second kappa shape index (κ2) is 4.09. The van der Waals surface area contributed by atoms with Gasteiger partial charge in [0.25, 0.3) is 0 Å². The van der Waals surface area contributed by atoms with Crippen LogP contribution in [0.1, 0.15) is 11.7 Å². The molecular weight excluding hydrogens is 175 g/mol. The van der Waals surface area contributed by atoms with Gasteiger partial charge in [0.05, 0.1) is 13.7 Å². The van der Waals surface area contributed by atoms with Gasteiger partial charge < -0.3 is 14.9 Å². The number of hydrogen-bond donors (Lipinski definition) is 2. The van der Waals surface area contributed by atoms with E-state index in [9.17, 15) is 4.39 Å². The van der Waals surface area contributed by atoms with Gasteiger partial charge in [-0.05, 0) is 18.2 Å². The third kappa shape index (κ3) is 2.09. The largest absolute Gasteiger partial charge is 0.508 e. The Morgan fingerprint density at radius 1 is 1.54 bits per heavy atom. The molecule has 0 saturated heterocycles. The monoisotopic (exact) mass is 186 g/mol. The first-order valence-corrected chi connectivity index (χ1v) is 3.81. The molecule has 0 bridgehead atoms. The van der Waals surface area contributed by atoms with E-state index in [0.717, 1.165) is 0 Å². The summed E-state index contributed by atoms with van der Waals surface area (Å²) in [6.07, 6.45) is -1.53. The van der Waals surface area contributed by atoms with Crippen LogP contribution in [0, 0.1) is 0 Å². The van der Waals surface area contributed by atoms with Crippen molar-refractivity contribution in [3.05, 3.63) is 23.8 Å². The van der Waals surface area contributed by atoms with Gasteiger partial charge in [0.15, 0.2) is 6.17 Å². The minimum absolute atomic E-state index is 0.0492. The Labute approximate surface area is 75.4 Å². The number of aliphatic hydroxyl groups is 1. The normalized spacial score (nSPS) is 12.5. The summed E-state index contributed by atoms with van der Waals surface area (Å²) in [6.45, 7) is -0.625. The minimum atomic E-state index is -1.53. The molecule has 1 atom stereocenters. The first-order valence-electron chi connectivity index (χ1n) is 3.81. The van der Waals surface area contributed by atoms with Crippen molar-refractivity contribution in [1.29, 1.82) is 0 Å². The highest BCUT2D eigenvalue weighted by Crippen LogP contribution is 2.30. The molecule has 0 spiro atoms. The summed E-state index contributed by atoms with van der Waals surface area (Å²) >= 11 is 0. The molecule has 0 amide bonds. The average Bonchev–Trinajstić information content (AvgIpc) is 2.16. The minimum Gasteiger partial charge on any atom is -0.508 e. The van der Waals surface area contributed by atoms with E-state index in [1.54, 1.807) is 0 Å². The molecule has 0 aromatic heterocycles. The van der Waals surface area contributed by atoms with Crippen molar-refractivity contribution in [2.75, 3.05) is 13.7 Å². The Bertz CT molecular complexity index is 288. The number of halogens is 1. The van der Waals surface area contributed by atoms with Gasteiger partial charge in [-0.1, -0.05) is 0 Å². The molecule has 0 radical (unpaired) electrons. The molecule has 0 fully saturated rings. The topological polar surface area (TPSA) is 49.7 Å². The van der Waals surface area contributed by atoms with E-state index >= 15 is 0 Å². The van der Waals surface area contributed by atoms with Gasteiger partial charge in [-0.3, -0.25) is 0 Å². The Morgan fingerprint density at radius 3 is 2.77 bits per heavy atom. The molecule has 1 aromatic rings. The third-order valence-corrected chi connectivity index (χ3v) is 1.71. The molecule has 0 heterocycles. The van der Waals surface area contributed by atoms with Crippen LogP contribution in [0.15, 0.2) is 18.2 Å². The molecule has 0 aliphatic carbocycles. The predicted molar refractivity (Wildman–Crippen MR) is 45.6 cm³/mol. The van der Waals surface area contributed by atoms with Crippen LogP contribution in [-0.4, -0.2) is 23.9 Å². The van der Waals surface area contributed by atoms with Crippen LogP contribution in [0.25, 0.3) is 0 Å². The van der Waals surface area contributed by atoms with Gasteiger partial charge in [-0.25, -0.2) is 4.39 Å². The maximum atomic E-state index is 13.1. The van der Waals surface area contributed by atoms with Gasteiger partial charge in [0.1, 0.15) is 11.5 Å². The fourth-order valence-corrected chi connectivity index (χ4v) is 1.06. The van der Waals surface area contributed by atoms with Crippen LogP contribution in [-0.2, 0) is 0 Å². The Hall–Kier alpha value is -1.29. The van der Waals surface area contributed by atoms with Gasteiger partial charge >= 0.3 is 0 Å². The van der Waals surface area contributed by atoms with Crippen LogP contribution in [0.4, 0.5) is 4.39 Å². The molecular formula is C9H11FO3. The molecule has 3 nitrogen and oxygen atoms in total. The second-order valence-electron chi connectivity index (χ2n) is 2.58. The van der Waals surface area contributed by atoms with Crippen LogP contribution < -0.4 is 4.74 Å². The van der Waals surface area contributed by atoms with Crippen molar-refractivity contribution >= 4 is 0 Å². The van der Waals surface area contributed by atoms with E-state index < -0.39 is 12.8 Å². The summed E-state index contributed by atoms with van der Waals surface area (Å²) < 4.78 is 17.9. The van der Waals surface area contributed by atoms with Gasteiger partial charge in [-0.2, -0.15) is 0 Å². The smallest absolute Gasteiger partial charge is 0.152 e. The summed E-state index contributed by atoms with van der Waals surface area (Å²) in [4.78, 5) is 0. The molecule has 4 heteroatoms. The molecule has 0 aliphatic rings. The first-order chi connectivity index (χ1) is 6.19. The summed E-state index contributed by atoms with van der Waals surface area (Å²) in [6, 6.07) is 4.08. The van der Waals surface area contributed by atoms with Gasteiger partial charge in [0.2, 0.25) is 0 Å². The molecule has 0 aliphatic heterocycles. The first kappa shape index (κ1) is 9.80. The van der Waals surface area contributed by atoms with Gasteiger partial charge in [-0.15, -0.1) is 0 Å². The maximum Gasteiger partial charge on any atom is 0.152 e. The van der Waals surface area contributed by atoms with E-state index in [0.29, 0.717) is 5.75 Å². The van der Waals surface area contributed by atoms with Crippen LogP contribution in [0.5, 0.6) is 11.5 Å². The van der Waals surface area contributed by atoms with Gasteiger partial charge in [0, 0.05) is 5.56 Å². The molecule has 0 saturated carbocycles. The number of phenolic OH excluding ortho intramolecular Hbond substituents is 1. The Balaban J connectivity index is 3.07. The lowest BCUT2D eigenvalue weighted by atomic mass is 10.1. The summed E-state index contributed by atoms with van der Waals surface area (Å²) in [5.74, 6) is 0.270. The summed E-state index contributed by atoms with van der Waals surface area (Å²) in [5, 5.41) is 17.7. The standard InChI is InChI=1S/C9H11FO3/c1-13-9-3-2-6(12)4-7(9)8(10)5-11/h2-4,8,11-12H,5H2,1H3. The fourth-order valence-electron chi connectivity index (χ4n) is 1.06. The highest BCUT2D eigenvalue weighted by molar-refractivity contribution is 5.41. The molecule has 72 valence electrons. The lowest BCUT2D eigenvalue weighted by Gasteiger charge is -2.10. The fraction of sp³-hybridized carbons (Fsp3) is 0.333. The third-order valence-electron chi connectivity index (χ3n) is 1.71. The number of alkyl halides is 1. The number of aromatic hydroxyl groups is 1. The summed E-state index contributed by atoms with van der Waals surface area (Å²) in [7, 11) is 1.40. The van der Waals surface area contributed by atoms with E-state index in [-0.39, 0.29) is 11.3 Å². The van der Waals surface area contributed by atoms with E-state index in [4.69, 9.17) is 14.9 Å². The lowest BCUT2D eigenvalue weighted by molar-refractivity contribution is 0.176. The van der Waals surface area contributed by atoms with Crippen molar-refractivity contribution in [2.24, 2.45) is 0 Å². The highest BCUT2D eigenvalue weighted by Gasteiger charge is 2.14. The van der Waals surface area contributed by atoms with Crippen molar-refractivity contribution in [3.8, 4) is 11.5 Å². The zero-order valence-corrected chi connectivity index (χ0v) is 7.20. The molecule has 1 rings (SSSR count). The molecule has 1 aromatic carbocycles. The average molecular weight is 186 g/mol. The van der Waals surface area contributed by atoms with E-state index in [2.05, 4.69) is 0 Å². The number of phenols is 1. The zero-order chi connectivity index (χ0) is 9.84. The SMILES string of the molecule is COc1ccc(O)cc1C(F)CO. The maximum absolute atomic E-state index is 13.1. The second-order valence-corrected chi connectivity index (χ2v) is 2.58. The van der Waals surface area contributed by atoms with Crippen molar-refractivity contribution < 1.29 is 19.3 Å².